The molecule has 0 unspecified atom stereocenters. The minimum Gasteiger partial charge on any atom is -0.480 e. The van der Waals surface area contributed by atoms with Crippen LogP contribution in [0.1, 0.15) is 37.7 Å². The van der Waals surface area contributed by atoms with Gasteiger partial charge in [-0.3, -0.25) is 19.3 Å². The Hall–Kier alpha value is -2.54. The molecule has 1 saturated carbocycles. The zero-order valence-corrected chi connectivity index (χ0v) is 16.3. The van der Waals surface area contributed by atoms with Crippen molar-refractivity contribution in [2.24, 2.45) is 5.92 Å². The molecule has 7 heteroatoms. The fourth-order valence-electron chi connectivity index (χ4n) is 4.09. The van der Waals surface area contributed by atoms with Crippen molar-refractivity contribution in [1.29, 1.82) is 0 Å². The van der Waals surface area contributed by atoms with Gasteiger partial charge in [-0.15, -0.1) is 0 Å². The molecule has 0 radical (unpaired) electrons. The van der Waals surface area contributed by atoms with Gasteiger partial charge in [-0.1, -0.05) is 37.5 Å². The summed E-state index contributed by atoms with van der Waals surface area (Å²) in [5, 5.41) is 9.79. The molecule has 1 N–H and O–H groups in total. The SMILES string of the molecule is O=C(O)Cn1cc(/C=C2/SC(=O)N(CC3CCCCC3)C2=O)c2ccccc21. The van der Waals surface area contributed by atoms with Crippen LogP contribution in [0.3, 0.4) is 0 Å². The lowest BCUT2D eigenvalue weighted by Crippen LogP contribution is -2.34. The van der Waals surface area contributed by atoms with Crippen molar-refractivity contribution in [3.8, 4) is 0 Å². The van der Waals surface area contributed by atoms with Gasteiger partial charge in [0, 0.05) is 29.2 Å². The lowest BCUT2D eigenvalue weighted by Gasteiger charge is -2.25. The van der Waals surface area contributed by atoms with E-state index in [1.807, 2.05) is 24.3 Å². The Balaban J connectivity index is 1.61. The molecule has 2 amide bonds. The van der Waals surface area contributed by atoms with Gasteiger partial charge in [-0.25, -0.2) is 0 Å². The summed E-state index contributed by atoms with van der Waals surface area (Å²) in [6.07, 6.45) is 9.16. The Labute approximate surface area is 167 Å². The maximum atomic E-state index is 12.8. The van der Waals surface area contributed by atoms with E-state index in [-0.39, 0.29) is 17.7 Å². The van der Waals surface area contributed by atoms with Crippen LogP contribution in [0.4, 0.5) is 4.79 Å². The fourth-order valence-corrected chi connectivity index (χ4v) is 4.93. The normalized spacial score (nSPS) is 19.9. The minimum atomic E-state index is -0.930. The molecule has 0 atom stereocenters. The molecule has 1 aromatic heterocycles. The first-order chi connectivity index (χ1) is 13.5. The molecule has 28 heavy (non-hydrogen) atoms. The standard InChI is InChI=1S/C21H22N2O4S/c24-19(25)13-22-12-15(16-8-4-5-9-17(16)22)10-18-20(26)23(21(27)28-18)11-14-6-2-1-3-7-14/h4-5,8-10,12,14H,1-3,6-7,11,13H2,(H,24,25)/b18-10+. The third-order valence-electron chi connectivity index (χ3n) is 5.45. The molecular formula is C21H22N2O4S. The third kappa shape index (κ3) is 3.71. The van der Waals surface area contributed by atoms with Crippen LogP contribution in [0.25, 0.3) is 17.0 Å². The molecule has 6 nitrogen and oxygen atoms in total. The second-order valence-electron chi connectivity index (χ2n) is 7.42. The zero-order valence-electron chi connectivity index (χ0n) is 15.5. The maximum absolute atomic E-state index is 12.8. The highest BCUT2D eigenvalue weighted by atomic mass is 32.2. The van der Waals surface area contributed by atoms with E-state index in [1.165, 1.54) is 24.2 Å². The first-order valence-corrected chi connectivity index (χ1v) is 10.4. The number of aliphatic carboxylic acids is 1. The topological polar surface area (TPSA) is 79.6 Å². The Morgan fingerprint density at radius 3 is 2.68 bits per heavy atom. The summed E-state index contributed by atoms with van der Waals surface area (Å²) >= 11 is 0.970. The van der Waals surface area contributed by atoms with E-state index in [0.717, 1.165) is 41.1 Å². The van der Waals surface area contributed by atoms with Crippen LogP contribution in [-0.4, -0.2) is 38.2 Å². The monoisotopic (exact) mass is 398 g/mol. The highest BCUT2D eigenvalue weighted by Gasteiger charge is 2.36. The number of carboxylic acid groups (broad SMARTS) is 1. The molecule has 2 fully saturated rings. The van der Waals surface area contributed by atoms with E-state index in [0.29, 0.717) is 17.4 Å². The number of rotatable bonds is 5. The van der Waals surface area contributed by atoms with Gasteiger partial charge >= 0.3 is 5.97 Å². The third-order valence-corrected chi connectivity index (χ3v) is 6.36. The lowest BCUT2D eigenvalue weighted by atomic mass is 9.89. The molecule has 146 valence electrons. The molecular weight excluding hydrogens is 376 g/mol. The van der Waals surface area contributed by atoms with Gasteiger partial charge in [0.2, 0.25) is 0 Å². The molecule has 2 heterocycles. The number of hydrogen-bond donors (Lipinski definition) is 1. The number of carbonyl (C=O) groups excluding carboxylic acids is 2. The van der Waals surface area contributed by atoms with Crippen molar-refractivity contribution in [2.75, 3.05) is 6.54 Å². The van der Waals surface area contributed by atoms with Crippen LogP contribution < -0.4 is 0 Å². The number of carboxylic acids is 1. The van der Waals surface area contributed by atoms with Crippen molar-refractivity contribution >= 4 is 45.9 Å². The van der Waals surface area contributed by atoms with Crippen molar-refractivity contribution in [3.63, 3.8) is 0 Å². The highest BCUT2D eigenvalue weighted by Crippen LogP contribution is 2.36. The largest absolute Gasteiger partial charge is 0.480 e. The van der Waals surface area contributed by atoms with Crippen LogP contribution in [0.15, 0.2) is 35.4 Å². The number of nitrogens with zero attached hydrogens (tertiary/aromatic N) is 2. The Morgan fingerprint density at radius 2 is 1.93 bits per heavy atom. The van der Waals surface area contributed by atoms with E-state index in [1.54, 1.807) is 16.8 Å². The number of imide groups is 1. The smallest absolute Gasteiger partial charge is 0.323 e. The second-order valence-corrected chi connectivity index (χ2v) is 8.41. The van der Waals surface area contributed by atoms with Crippen LogP contribution in [-0.2, 0) is 16.1 Å². The summed E-state index contributed by atoms with van der Waals surface area (Å²) < 4.78 is 1.65. The van der Waals surface area contributed by atoms with Gasteiger partial charge in [0.25, 0.3) is 11.1 Å². The van der Waals surface area contributed by atoms with Gasteiger partial charge in [0.1, 0.15) is 6.54 Å². The molecule has 1 saturated heterocycles. The predicted molar refractivity (Wildman–Crippen MR) is 109 cm³/mol. The predicted octanol–water partition coefficient (Wildman–Crippen LogP) is 4.34. The molecule has 2 aliphatic rings. The summed E-state index contributed by atoms with van der Waals surface area (Å²) in [5.74, 6) is -0.769. The molecule has 0 spiro atoms. The number of carbonyl (C=O) groups is 3. The van der Waals surface area contributed by atoms with Gasteiger partial charge in [0.05, 0.1) is 4.91 Å². The van der Waals surface area contributed by atoms with Crippen LogP contribution in [0.2, 0.25) is 0 Å². The number of hydrogen-bond acceptors (Lipinski definition) is 4. The second kappa shape index (κ2) is 7.83. The maximum Gasteiger partial charge on any atom is 0.323 e. The van der Waals surface area contributed by atoms with Crippen LogP contribution in [0, 0.1) is 5.92 Å². The number of thioether (sulfide) groups is 1. The number of amides is 2. The van der Waals surface area contributed by atoms with Crippen molar-refractivity contribution in [3.05, 3.63) is 40.9 Å². The highest BCUT2D eigenvalue weighted by molar-refractivity contribution is 8.18. The van der Waals surface area contributed by atoms with Crippen molar-refractivity contribution in [2.45, 2.75) is 38.6 Å². The quantitative estimate of drug-likeness (QED) is 0.758. The fraction of sp³-hybridized carbons (Fsp3) is 0.381. The van der Waals surface area contributed by atoms with Gasteiger partial charge in [0.15, 0.2) is 0 Å². The van der Waals surface area contributed by atoms with Crippen molar-refractivity contribution < 1.29 is 19.5 Å². The summed E-state index contributed by atoms with van der Waals surface area (Å²) in [4.78, 5) is 38.2. The number of aromatic nitrogens is 1. The number of benzene rings is 1. The summed E-state index contributed by atoms with van der Waals surface area (Å²) in [6.45, 7) is 0.348. The molecule has 4 rings (SSSR count). The van der Waals surface area contributed by atoms with Gasteiger partial charge < -0.3 is 9.67 Å². The van der Waals surface area contributed by atoms with Crippen LogP contribution in [0.5, 0.6) is 0 Å². The van der Waals surface area contributed by atoms with E-state index in [2.05, 4.69) is 0 Å². The Morgan fingerprint density at radius 1 is 1.18 bits per heavy atom. The molecule has 1 aliphatic carbocycles. The average Bonchev–Trinajstić information content (AvgIpc) is 3.15. The Kier molecular flexibility index (Phi) is 5.26. The minimum absolute atomic E-state index is 0.155. The van der Waals surface area contributed by atoms with Crippen LogP contribution >= 0.6 is 11.8 Å². The average molecular weight is 398 g/mol. The Bertz CT molecular complexity index is 972. The molecule has 2 aromatic rings. The van der Waals surface area contributed by atoms with Crippen molar-refractivity contribution in [1.82, 2.24) is 9.47 Å². The summed E-state index contributed by atoms with van der Waals surface area (Å²) in [6, 6.07) is 7.47. The molecule has 1 aromatic carbocycles. The van der Waals surface area contributed by atoms with Gasteiger partial charge in [-0.2, -0.15) is 0 Å². The van der Waals surface area contributed by atoms with Gasteiger partial charge in [-0.05, 0) is 42.7 Å². The summed E-state index contributed by atoms with van der Waals surface area (Å²) in [5.41, 5.74) is 1.54. The first kappa shape index (κ1) is 18.8. The zero-order chi connectivity index (χ0) is 19.7. The summed E-state index contributed by atoms with van der Waals surface area (Å²) in [7, 11) is 0. The van der Waals surface area contributed by atoms with E-state index in [9.17, 15) is 14.4 Å². The molecule has 1 aliphatic heterocycles. The van der Waals surface area contributed by atoms with E-state index in [4.69, 9.17) is 5.11 Å². The first-order valence-electron chi connectivity index (χ1n) is 9.58. The lowest BCUT2D eigenvalue weighted by molar-refractivity contribution is -0.137. The van der Waals surface area contributed by atoms with E-state index < -0.39 is 5.97 Å². The number of para-hydroxylation sites is 1. The molecule has 0 bridgehead atoms. The number of fused-ring (bicyclic) bond motifs is 1. The van der Waals surface area contributed by atoms with E-state index >= 15 is 0 Å².